The molecule has 0 unspecified atom stereocenters. The second-order valence-electron chi connectivity index (χ2n) is 6.85. The van der Waals surface area contributed by atoms with Crippen LogP contribution in [0.15, 0.2) is 54.9 Å². The van der Waals surface area contributed by atoms with Gasteiger partial charge in [-0.25, -0.2) is 9.97 Å². The highest BCUT2D eigenvalue weighted by Gasteiger charge is 2.18. The Bertz CT molecular complexity index is 919. The largest absolute Gasteiger partial charge is 0.329 e. The first-order valence-corrected chi connectivity index (χ1v) is 10.2. The third kappa shape index (κ3) is 4.21. The molecule has 0 saturated carbocycles. The van der Waals surface area contributed by atoms with Crippen LogP contribution in [0.25, 0.3) is 0 Å². The van der Waals surface area contributed by atoms with Crippen LogP contribution in [0.4, 0.5) is 16.6 Å². The summed E-state index contributed by atoms with van der Waals surface area (Å²) in [6, 6.07) is 13.6. The number of pyridine rings is 1. The molecule has 0 atom stereocenters. The van der Waals surface area contributed by atoms with Crippen LogP contribution in [0.2, 0.25) is 0 Å². The topological polar surface area (TPSA) is 70.2 Å². The molecule has 0 radical (unpaired) electrons. The molecule has 1 aliphatic heterocycles. The molecule has 0 aliphatic carbocycles. The average Bonchev–Trinajstić information content (AvgIpc) is 3.23. The van der Waals surface area contributed by atoms with Gasteiger partial charge < -0.3 is 10.2 Å². The molecule has 1 aliphatic rings. The Balaban J connectivity index is 1.40. The van der Waals surface area contributed by atoms with E-state index in [0.29, 0.717) is 16.6 Å². The van der Waals surface area contributed by atoms with Crippen molar-refractivity contribution < 1.29 is 4.79 Å². The van der Waals surface area contributed by atoms with Crippen molar-refractivity contribution in [2.45, 2.75) is 18.8 Å². The van der Waals surface area contributed by atoms with E-state index in [0.717, 1.165) is 37.4 Å². The van der Waals surface area contributed by atoms with Crippen LogP contribution < -0.4 is 15.5 Å². The molecular weight excluding hydrogens is 370 g/mol. The van der Waals surface area contributed by atoms with Crippen molar-refractivity contribution in [1.29, 1.82) is 0 Å². The van der Waals surface area contributed by atoms with Crippen LogP contribution in [-0.2, 0) is 0 Å². The number of nitrogens with zero attached hydrogens (tertiary/aromatic N) is 3. The lowest BCUT2D eigenvalue weighted by molar-refractivity contribution is 0.102. The fraction of sp³-hybridized carbons (Fsp3) is 0.286. The van der Waals surface area contributed by atoms with Crippen LogP contribution in [-0.4, -0.2) is 36.0 Å². The number of carbonyl (C=O) groups excluding carboxylic acids is 1. The van der Waals surface area contributed by atoms with Crippen molar-refractivity contribution >= 4 is 33.9 Å². The summed E-state index contributed by atoms with van der Waals surface area (Å²) >= 11 is 1.57. The van der Waals surface area contributed by atoms with Crippen molar-refractivity contribution in [2.75, 3.05) is 30.4 Å². The first-order valence-electron chi connectivity index (χ1n) is 9.43. The molecule has 1 amide bonds. The molecule has 2 N–H and O–H groups in total. The molecule has 3 heterocycles. The quantitative estimate of drug-likeness (QED) is 0.685. The molecule has 28 heavy (non-hydrogen) atoms. The first-order chi connectivity index (χ1) is 13.7. The molecule has 144 valence electrons. The maximum Gasteiger partial charge on any atom is 0.259 e. The summed E-state index contributed by atoms with van der Waals surface area (Å²) in [5.74, 6) is 1.14. The van der Waals surface area contributed by atoms with Crippen molar-refractivity contribution in [1.82, 2.24) is 15.3 Å². The van der Waals surface area contributed by atoms with E-state index in [2.05, 4.69) is 20.6 Å². The Kier molecular flexibility index (Phi) is 5.64. The van der Waals surface area contributed by atoms with Gasteiger partial charge in [0.1, 0.15) is 5.82 Å². The lowest BCUT2D eigenvalue weighted by atomic mass is 9.97. The van der Waals surface area contributed by atoms with Gasteiger partial charge in [0.2, 0.25) is 0 Å². The number of para-hydroxylation sites is 1. The van der Waals surface area contributed by atoms with E-state index in [1.54, 1.807) is 23.6 Å². The third-order valence-electron chi connectivity index (χ3n) is 4.98. The summed E-state index contributed by atoms with van der Waals surface area (Å²) in [5, 5.41) is 6.91. The molecule has 2 aromatic heterocycles. The van der Waals surface area contributed by atoms with Gasteiger partial charge in [0.15, 0.2) is 5.13 Å². The molecule has 0 bridgehead atoms. The summed E-state index contributed by atoms with van der Waals surface area (Å²) in [6.07, 6.45) is 5.74. The first kappa shape index (κ1) is 18.6. The van der Waals surface area contributed by atoms with Gasteiger partial charge in [-0.1, -0.05) is 18.2 Å². The average molecular weight is 394 g/mol. The number of benzene rings is 1. The van der Waals surface area contributed by atoms with Crippen molar-refractivity contribution in [3.63, 3.8) is 0 Å². The summed E-state index contributed by atoms with van der Waals surface area (Å²) in [7, 11) is 1.95. The van der Waals surface area contributed by atoms with Crippen molar-refractivity contribution in [2.24, 2.45) is 0 Å². The lowest BCUT2D eigenvalue weighted by Crippen LogP contribution is -2.26. The zero-order chi connectivity index (χ0) is 19.3. The number of anilines is 3. The van der Waals surface area contributed by atoms with Crippen LogP contribution in [0, 0.1) is 0 Å². The van der Waals surface area contributed by atoms with E-state index in [4.69, 9.17) is 0 Å². The number of rotatable bonds is 5. The number of piperidine rings is 1. The van der Waals surface area contributed by atoms with Gasteiger partial charge in [-0.2, -0.15) is 0 Å². The highest BCUT2D eigenvalue weighted by atomic mass is 32.1. The van der Waals surface area contributed by atoms with Crippen molar-refractivity contribution in [3.8, 4) is 0 Å². The summed E-state index contributed by atoms with van der Waals surface area (Å²) in [4.78, 5) is 24.6. The second-order valence-corrected chi connectivity index (χ2v) is 7.91. The molecule has 4 rings (SSSR count). The predicted octanol–water partition coefficient (Wildman–Crippen LogP) is 4.03. The Morgan fingerprint density at radius 2 is 1.89 bits per heavy atom. The van der Waals surface area contributed by atoms with Gasteiger partial charge in [0, 0.05) is 30.0 Å². The maximum absolute atomic E-state index is 12.5. The minimum atomic E-state index is -0.187. The van der Waals surface area contributed by atoms with Gasteiger partial charge in [-0.05, 0) is 56.1 Å². The number of hydrogen-bond donors (Lipinski definition) is 2. The van der Waals surface area contributed by atoms with Crippen molar-refractivity contribution in [3.05, 3.63) is 65.3 Å². The number of nitrogens with one attached hydrogen (secondary N) is 2. The fourth-order valence-corrected chi connectivity index (χ4v) is 4.29. The summed E-state index contributed by atoms with van der Waals surface area (Å²) in [5.41, 5.74) is 1.56. The van der Waals surface area contributed by atoms with Crippen LogP contribution in [0.1, 0.15) is 34.0 Å². The monoisotopic (exact) mass is 393 g/mol. The number of hydrogen-bond acceptors (Lipinski definition) is 6. The van der Waals surface area contributed by atoms with Gasteiger partial charge in [0.25, 0.3) is 5.91 Å². The molecule has 7 heteroatoms. The Morgan fingerprint density at radius 3 is 2.61 bits per heavy atom. The molecular formula is C21H23N5OS. The lowest BCUT2D eigenvalue weighted by Gasteiger charge is -2.20. The van der Waals surface area contributed by atoms with Gasteiger partial charge >= 0.3 is 0 Å². The fourth-order valence-electron chi connectivity index (χ4n) is 3.31. The third-order valence-corrected chi connectivity index (χ3v) is 6.06. The van der Waals surface area contributed by atoms with Crippen LogP contribution in [0.5, 0.6) is 0 Å². The Morgan fingerprint density at radius 1 is 1.11 bits per heavy atom. The highest BCUT2D eigenvalue weighted by Crippen LogP contribution is 2.31. The molecule has 1 fully saturated rings. The van der Waals surface area contributed by atoms with E-state index in [1.165, 1.54) is 4.88 Å². The Labute approximate surface area is 168 Å². The predicted molar refractivity (Wildman–Crippen MR) is 114 cm³/mol. The highest BCUT2D eigenvalue weighted by molar-refractivity contribution is 7.15. The number of amides is 1. The maximum atomic E-state index is 12.5. The second kappa shape index (κ2) is 8.50. The number of aromatic nitrogens is 2. The van der Waals surface area contributed by atoms with Crippen LogP contribution >= 0.6 is 11.3 Å². The summed E-state index contributed by atoms with van der Waals surface area (Å²) in [6.45, 7) is 2.08. The Hall–Kier alpha value is -2.77. The normalized spacial score (nSPS) is 14.6. The molecule has 3 aromatic rings. The zero-order valence-corrected chi connectivity index (χ0v) is 16.6. The minimum absolute atomic E-state index is 0.187. The van der Waals surface area contributed by atoms with E-state index in [1.807, 2.05) is 54.5 Å². The van der Waals surface area contributed by atoms with Gasteiger partial charge in [0.05, 0.1) is 5.56 Å². The molecule has 0 spiro atoms. The van der Waals surface area contributed by atoms with E-state index in [9.17, 15) is 4.79 Å². The summed E-state index contributed by atoms with van der Waals surface area (Å²) < 4.78 is 0. The van der Waals surface area contributed by atoms with E-state index < -0.39 is 0 Å². The smallest absolute Gasteiger partial charge is 0.259 e. The standard InChI is InChI=1S/C21H23N5OS/c1-26(17-5-3-2-4-6-17)19-8-7-16(13-23-19)20(27)25-21-24-14-18(28-21)15-9-11-22-12-10-15/h2-8,13-15,22H,9-12H2,1H3,(H,24,25,27). The zero-order valence-electron chi connectivity index (χ0n) is 15.8. The molecule has 6 nitrogen and oxygen atoms in total. The SMILES string of the molecule is CN(c1ccccc1)c1ccc(C(=O)Nc2ncc(C3CCNCC3)s2)cn1. The molecule has 1 aromatic carbocycles. The van der Waals surface area contributed by atoms with Gasteiger partial charge in [-0.15, -0.1) is 11.3 Å². The molecule has 1 saturated heterocycles. The van der Waals surface area contributed by atoms with E-state index >= 15 is 0 Å². The number of thiazole rings is 1. The van der Waals surface area contributed by atoms with Gasteiger partial charge in [-0.3, -0.25) is 10.1 Å². The van der Waals surface area contributed by atoms with Crippen LogP contribution in [0.3, 0.4) is 0 Å². The van der Waals surface area contributed by atoms with E-state index in [-0.39, 0.29) is 5.91 Å². The number of carbonyl (C=O) groups is 1. The minimum Gasteiger partial charge on any atom is -0.329 e.